The first-order chi connectivity index (χ1) is 9.61. The van der Waals surface area contributed by atoms with Gasteiger partial charge in [0.15, 0.2) is 0 Å². The zero-order valence-electron chi connectivity index (χ0n) is 12.9. The second kappa shape index (κ2) is 6.78. The third kappa shape index (κ3) is 5.24. The van der Waals surface area contributed by atoms with Gasteiger partial charge in [-0.25, -0.2) is 9.59 Å². The van der Waals surface area contributed by atoms with E-state index in [0.717, 1.165) is 0 Å². The third-order valence-electron chi connectivity index (χ3n) is 3.77. The smallest absolute Gasteiger partial charge is 0.326 e. The van der Waals surface area contributed by atoms with Crippen LogP contribution in [-0.4, -0.2) is 47.0 Å². The van der Waals surface area contributed by atoms with E-state index >= 15 is 0 Å². The monoisotopic (exact) mass is 299 g/mol. The van der Waals surface area contributed by atoms with Crippen LogP contribution >= 0.6 is 0 Å². The molecule has 7 nitrogen and oxygen atoms in total. The van der Waals surface area contributed by atoms with Crippen molar-refractivity contribution >= 4 is 17.9 Å². The fourth-order valence-electron chi connectivity index (χ4n) is 2.49. The minimum absolute atomic E-state index is 0.212. The molecular weight excluding hydrogens is 274 g/mol. The number of carbonyl (C=O) groups is 3. The first-order valence-electron chi connectivity index (χ1n) is 7.18. The minimum Gasteiger partial charge on any atom is -0.480 e. The van der Waals surface area contributed by atoms with Crippen LogP contribution in [0, 0.1) is 11.3 Å². The topological polar surface area (TPSA) is 113 Å². The summed E-state index contributed by atoms with van der Waals surface area (Å²) in [5.41, 5.74) is 4.60. The maximum Gasteiger partial charge on any atom is 0.326 e. The maximum atomic E-state index is 12.1. The molecule has 0 unspecified atom stereocenters. The molecular formula is C14H25N3O4. The van der Waals surface area contributed by atoms with Gasteiger partial charge >= 0.3 is 12.0 Å². The van der Waals surface area contributed by atoms with Crippen molar-refractivity contribution in [3.05, 3.63) is 0 Å². The summed E-state index contributed by atoms with van der Waals surface area (Å²) in [5, 5.41) is 11.8. The molecule has 1 fully saturated rings. The lowest BCUT2D eigenvalue weighted by molar-refractivity contribution is -0.142. The molecule has 0 aromatic heterocycles. The van der Waals surface area contributed by atoms with E-state index in [1.165, 1.54) is 0 Å². The van der Waals surface area contributed by atoms with Crippen LogP contribution in [0.3, 0.4) is 0 Å². The number of nitrogens with zero attached hydrogens (tertiary/aromatic N) is 1. The normalized spacial score (nSPS) is 18.1. The van der Waals surface area contributed by atoms with Crippen molar-refractivity contribution in [1.29, 1.82) is 0 Å². The number of likely N-dealkylation sites (tertiary alicyclic amines) is 1. The highest BCUT2D eigenvalue weighted by Crippen LogP contribution is 2.22. The molecule has 0 saturated carbocycles. The predicted octanol–water partition coefficient (Wildman–Crippen LogP) is 0.783. The van der Waals surface area contributed by atoms with Crippen LogP contribution in [0.25, 0.3) is 0 Å². The summed E-state index contributed by atoms with van der Waals surface area (Å²) in [4.78, 5) is 35.9. The molecule has 1 heterocycles. The molecule has 7 heteroatoms. The number of carboxylic acid groups (broad SMARTS) is 1. The van der Waals surface area contributed by atoms with Gasteiger partial charge in [-0.05, 0) is 24.2 Å². The van der Waals surface area contributed by atoms with Crippen LogP contribution in [0.2, 0.25) is 0 Å². The molecule has 0 radical (unpaired) electrons. The zero-order valence-corrected chi connectivity index (χ0v) is 12.9. The predicted molar refractivity (Wildman–Crippen MR) is 77.5 cm³/mol. The van der Waals surface area contributed by atoms with Crippen molar-refractivity contribution in [2.75, 3.05) is 13.1 Å². The number of urea groups is 1. The Kier molecular flexibility index (Phi) is 5.57. The van der Waals surface area contributed by atoms with Crippen molar-refractivity contribution in [1.82, 2.24) is 10.2 Å². The van der Waals surface area contributed by atoms with Crippen LogP contribution in [0.15, 0.2) is 0 Å². The van der Waals surface area contributed by atoms with Gasteiger partial charge in [0.05, 0.1) is 0 Å². The molecule has 1 rings (SSSR count). The Morgan fingerprint density at radius 3 is 2.19 bits per heavy atom. The summed E-state index contributed by atoms with van der Waals surface area (Å²) in [6, 6.07) is -1.30. The van der Waals surface area contributed by atoms with E-state index in [1.807, 2.05) is 0 Å². The summed E-state index contributed by atoms with van der Waals surface area (Å²) >= 11 is 0. The second-order valence-electron chi connectivity index (χ2n) is 6.69. The molecule has 1 aliphatic rings. The Morgan fingerprint density at radius 1 is 1.29 bits per heavy atom. The number of amides is 3. The van der Waals surface area contributed by atoms with Crippen LogP contribution in [0.4, 0.5) is 4.79 Å². The number of primary amides is 1. The largest absolute Gasteiger partial charge is 0.480 e. The van der Waals surface area contributed by atoms with Crippen LogP contribution in [0.5, 0.6) is 0 Å². The highest BCUT2D eigenvalue weighted by atomic mass is 16.4. The summed E-state index contributed by atoms with van der Waals surface area (Å²) in [5.74, 6) is -1.15. The fraction of sp³-hybridized carbons (Fsp3) is 0.786. The average Bonchev–Trinajstić information content (AvgIpc) is 2.34. The SMILES string of the molecule is CC(C)(C)[C@@H](NC(=O)N1CCC(CC(N)=O)CC1)C(=O)O. The number of rotatable bonds is 4. The third-order valence-corrected chi connectivity index (χ3v) is 3.77. The molecule has 0 aliphatic carbocycles. The lowest BCUT2D eigenvalue weighted by Gasteiger charge is -2.34. The minimum atomic E-state index is -1.04. The first kappa shape index (κ1) is 17.3. The Bertz CT molecular complexity index is 409. The molecule has 4 N–H and O–H groups in total. The molecule has 1 saturated heterocycles. The van der Waals surface area contributed by atoms with Crippen molar-refractivity contribution in [3.63, 3.8) is 0 Å². The number of nitrogens with one attached hydrogen (secondary N) is 1. The van der Waals surface area contributed by atoms with E-state index in [0.29, 0.717) is 32.4 Å². The quantitative estimate of drug-likeness (QED) is 0.712. The highest BCUT2D eigenvalue weighted by molar-refractivity contribution is 5.83. The molecule has 0 aromatic carbocycles. The van der Waals surface area contributed by atoms with E-state index < -0.39 is 17.4 Å². The fourth-order valence-corrected chi connectivity index (χ4v) is 2.49. The summed E-state index contributed by atoms with van der Waals surface area (Å²) < 4.78 is 0. The van der Waals surface area contributed by atoms with E-state index in [1.54, 1.807) is 25.7 Å². The number of piperidine rings is 1. The van der Waals surface area contributed by atoms with Gasteiger partial charge in [0.2, 0.25) is 5.91 Å². The standard InChI is InChI=1S/C14H25N3O4/c1-14(2,3)11(12(19)20)16-13(21)17-6-4-9(5-7-17)8-10(15)18/h9,11H,4-8H2,1-3H3,(H2,15,18)(H,16,21)(H,19,20)/t11-/m0/s1. The molecule has 0 spiro atoms. The molecule has 120 valence electrons. The number of carboxylic acids is 1. The molecule has 0 bridgehead atoms. The number of aliphatic carboxylic acids is 1. The molecule has 21 heavy (non-hydrogen) atoms. The Hall–Kier alpha value is -1.79. The lowest BCUT2D eigenvalue weighted by atomic mass is 9.87. The highest BCUT2D eigenvalue weighted by Gasteiger charge is 2.34. The number of hydrogen-bond donors (Lipinski definition) is 3. The summed E-state index contributed by atoms with van der Waals surface area (Å²) in [6.07, 6.45) is 1.77. The Labute approximate surface area is 124 Å². The molecule has 0 aromatic rings. The van der Waals surface area contributed by atoms with Gasteiger partial charge in [-0.1, -0.05) is 20.8 Å². The second-order valence-corrected chi connectivity index (χ2v) is 6.69. The lowest BCUT2D eigenvalue weighted by Crippen LogP contribution is -2.54. The van der Waals surface area contributed by atoms with Gasteiger partial charge in [-0.3, -0.25) is 4.79 Å². The van der Waals surface area contributed by atoms with Gasteiger partial charge in [0, 0.05) is 19.5 Å². The van der Waals surface area contributed by atoms with Gasteiger partial charge < -0.3 is 21.1 Å². The van der Waals surface area contributed by atoms with Crippen LogP contribution in [-0.2, 0) is 9.59 Å². The Morgan fingerprint density at radius 2 is 1.81 bits per heavy atom. The van der Waals surface area contributed by atoms with Gasteiger partial charge in [0.1, 0.15) is 6.04 Å². The van der Waals surface area contributed by atoms with Crippen molar-refractivity contribution in [2.24, 2.45) is 17.1 Å². The number of carbonyl (C=O) groups excluding carboxylic acids is 2. The number of nitrogens with two attached hydrogens (primary N) is 1. The van der Waals surface area contributed by atoms with E-state index in [-0.39, 0.29) is 17.9 Å². The van der Waals surface area contributed by atoms with Crippen molar-refractivity contribution < 1.29 is 19.5 Å². The van der Waals surface area contributed by atoms with E-state index in [9.17, 15) is 19.5 Å². The van der Waals surface area contributed by atoms with Crippen molar-refractivity contribution in [2.45, 2.75) is 46.1 Å². The van der Waals surface area contributed by atoms with Crippen LogP contribution in [0.1, 0.15) is 40.0 Å². The average molecular weight is 299 g/mol. The van der Waals surface area contributed by atoms with E-state index in [4.69, 9.17) is 5.73 Å². The number of hydrogen-bond acceptors (Lipinski definition) is 3. The molecule has 3 amide bonds. The zero-order chi connectivity index (χ0) is 16.2. The van der Waals surface area contributed by atoms with Crippen LogP contribution < -0.4 is 11.1 Å². The summed E-state index contributed by atoms with van der Waals surface area (Å²) in [6.45, 7) is 6.34. The van der Waals surface area contributed by atoms with Gasteiger partial charge in [-0.2, -0.15) is 0 Å². The molecule has 1 aliphatic heterocycles. The Balaban J connectivity index is 2.54. The maximum absolute atomic E-state index is 12.1. The van der Waals surface area contributed by atoms with Gasteiger partial charge in [0.25, 0.3) is 0 Å². The van der Waals surface area contributed by atoms with E-state index in [2.05, 4.69) is 5.32 Å². The first-order valence-corrected chi connectivity index (χ1v) is 7.18. The van der Waals surface area contributed by atoms with Gasteiger partial charge in [-0.15, -0.1) is 0 Å². The van der Waals surface area contributed by atoms with Crippen molar-refractivity contribution in [3.8, 4) is 0 Å². The summed E-state index contributed by atoms with van der Waals surface area (Å²) in [7, 11) is 0. The molecule has 1 atom stereocenters.